The van der Waals surface area contributed by atoms with Crippen molar-refractivity contribution >= 4 is 81.0 Å². The van der Waals surface area contributed by atoms with Crippen molar-refractivity contribution in [3.63, 3.8) is 0 Å². The van der Waals surface area contributed by atoms with E-state index in [9.17, 15) is 19.2 Å². The molecule has 0 spiro atoms. The fourth-order valence-electron chi connectivity index (χ4n) is 0.222. The third-order valence-corrected chi connectivity index (χ3v) is 1.63. The van der Waals surface area contributed by atoms with Crippen molar-refractivity contribution in [2.24, 2.45) is 5.73 Å². The lowest BCUT2D eigenvalue weighted by Crippen LogP contribution is -2.29. The molecule has 6 nitrogen and oxygen atoms in total. The Hall–Kier alpha value is -0.790. The standard InChI is InChI=1S/C5H6ClNO2.C3H5NO.C2H2Cl2O.CH2Cl2/c1-2-4(8)7-5(9)3-6;1-2-3(4)5;3-1-2(4)5;2-1-3/h2H,1,3H2,(H,7,8,9);2H,1H2,(H2,4,5);1H2;1H2. The van der Waals surface area contributed by atoms with E-state index in [4.69, 9.17) is 58.0 Å². The fraction of sp³-hybridized carbons (Fsp3) is 0.273. The first-order valence-corrected chi connectivity index (χ1v) is 7.48. The molecule has 0 unspecified atom stereocenters. The summed E-state index contributed by atoms with van der Waals surface area (Å²) in [6.45, 7) is 6.23. The van der Waals surface area contributed by atoms with Gasteiger partial charge in [-0.15, -0.1) is 46.4 Å². The Morgan fingerprint density at radius 3 is 1.41 bits per heavy atom. The summed E-state index contributed by atoms with van der Waals surface area (Å²) in [6.07, 6.45) is 2.06. The molecule has 0 heterocycles. The maximum atomic E-state index is 10.3. The number of rotatable bonds is 4. The van der Waals surface area contributed by atoms with Gasteiger partial charge in [-0.05, 0) is 23.8 Å². The molecule has 0 bridgehead atoms. The predicted octanol–water partition coefficient (Wildman–Crippen LogP) is 2.12. The van der Waals surface area contributed by atoms with Gasteiger partial charge in [0.05, 0.1) is 11.2 Å². The summed E-state index contributed by atoms with van der Waals surface area (Å²) in [5.41, 5.74) is 4.53. The molecule has 22 heavy (non-hydrogen) atoms. The van der Waals surface area contributed by atoms with E-state index in [0.717, 1.165) is 12.2 Å². The minimum absolute atomic E-state index is 0.0957. The molecular weight excluding hydrogens is 401 g/mol. The van der Waals surface area contributed by atoms with Gasteiger partial charge in [0.1, 0.15) is 5.88 Å². The second kappa shape index (κ2) is 25.2. The third kappa shape index (κ3) is 50.7. The van der Waals surface area contributed by atoms with Crippen LogP contribution in [-0.2, 0) is 19.2 Å². The maximum Gasteiger partial charge on any atom is 0.249 e. The number of carbonyl (C=O) groups is 4. The molecule has 0 saturated carbocycles. The van der Waals surface area contributed by atoms with Crippen LogP contribution in [0.5, 0.6) is 0 Å². The van der Waals surface area contributed by atoms with E-state index in [-0.39, 0.29) is 17.1 Å². The molecule has 0 radical (unpaired) electrons. The molecule has 0 aromatic carbocycles. The summed E-state index contributed by atoms with van der Waals surface area (Å²) < 4.78 is 0. The Kier molecular flexibility index (Phi) is 33.5. The molecule has 0 aliphatic carbocycles. The van der Waals surface area contributed by atoms with Crippen molar-refractivity contribution in [1.29, 1.82) is 0 Å². The van der Waals surface area contributed by atoms with Crippen LogP contribution in [0, 0.1) is 0 Å². The number of imide groups is 1. The smallest absolute Gasteiger partial charge is 0.249 e. The van der Waals surface area contributed by atoms with Crippen LogP contribution in [0.1, 0.15) is 0 Å². The Morgan fingerprint density at radius 2 is 1.27 bits per heavy atom. The largest absolute Gasteiger partial charge is 0.366 e. The van der Waals surface area contributed by atoms with Gasteiger partial charge in [-0.2, -0.15) is 0 Å². The van der Waals surface area contributed by atoms with E-state index < -0.39 is 23.0 Å². The number of halogens is 5. The predicted molar refractivity (Wildman–Crippen MR) is 91.6 cm³/mol. The topological polar surface area (TPSA) is 106 Å². The number of nitrogens with two attached hydrogens (primary N) is 1. The number of primary amides is 1. The monoisotopic (exact) mass is 414 g/mol. The normalized spacial score (nSPS) is 7.32. The average molecular weight is 417 g/mol. The first-order valence-electron chi connectivity index (χ1n) is 4.96. The molecule has 3 amide bonds. The molecule has 0 fully saturated rings. The number of carbonyl (C=O) groups excluding carboxylic acids is 4. The van der Waals surface area contributed by atoms with Crippen LogP contribution in [0.15, 0.2) is 25.3 Å². The minimum atomic E-state index is -0.527. The van der Waals surface area contributed by atoms with E-state index in [1.165, 1.54) is 0 Å². The number of hydrogen-bond donors (Lipinski definition) is 2. The highest BCUT2D eigenvalue weighted by Gasteiger charge is 1.99. The van der Waals surface area contributed by atoms with E-state index in [2.05, 4.69) is 18.9 Å². The highest BCUT2D eigenvalue weighted by molar-refractivity contribution is 6.67. The second-order valence-corrected chi connectivity index (χ2v) is 4.21. The number of nitrogens with one attached hydrogen (secondary N) is 1. The quantitative estimate of drug-likeness (QED) is 0.416. The summed E-state index contributed by atoms with van der Waals surface area (Å²) in [5, 5.41) is 1.64. The molecule has 0 aliphatic rings. The molecule has 0 aromatic rings. The van der Waals surface area contributed by atoms with Gasteiger partial charge in [0.15, 0.2) is 0 Å². The van der Waals surface area contributed by atoms with Crippen molar-refractivity contribution in [2.75, 3.05) is 17.1 Å². The van der Waals surface area contributed by atoms with Gasteiger partial charge in [0.25, 0.3) is 0 Å². The van der Waals surface area contributed by atoms with Gasteiger partial charge in [-0.1, -0.05) is 13.2 Å². The van der Waals surface area contributed by atoms with Crippen LogP contribution in [0.2, 0.25) is 0 Å². The lowest BCUT2D eigenvalue weighted by Gasteiger charge is -1.92. The molecule has 128 valence electrons. The highest BCUT2D eigenvalue weighted by atomic mass is 35.5. The summed E-state index contributed by atoms with van der Waals surface area (Å²) in [5.74, 6) is -1.83. The lowest BCUT2D eigenvalue weighted by atomic mass is 10.5. The van der Waals surface area contributed by atoms with Gasteiger partial charge in [-0.25, -0.2) is 0 Å². The molecule has 3 N–H and O–H groups in total. The van der Waals surface area contributed by atoms with E-state index in [0.29, 0.717) is 0 Å². The molecule has 0 aliphatic heterocycles. The van der Waals surface area contributed by atoms with Crippen molar-refractivity contribution < 1.29 is 19.2 Å². The Balaban J connectivity index is -0.000000107. The molecular formula is C11H15Cl5N2O4. The van der Waals surface area contributed by atoms with E-state index >= 15 is 0 Å². The van der Waals surface area contributed by atoms with Crippen LogP contribution < -0.4 is 11.1 Å². The number of hydrogen-bond acceptors (Lipinski definition) is 4. The van der Waals surface area contributed by atoms with E-state index in [1.807, 2.05) is 5.32 Å². The van der Waals surface area contributed by atoms with Crippen molar-refractivity contribution in [3.8, 4) is 0 Å². The molecule has 0 saturated heterocycles. The van der Waals surface area contributed by atoms with Crippen molar-refractivity contribution in [3.05, 3.63) is 25.3 Å². The molecule has 11 heteroatoms. The maximum absolute atomic E-state index is 10.3. The second-order valence-electron chi connectivity index (χ2n) is 2.45. The van der Waals surface area contributed by atoms with Gasteiger partial charge >= 0.3 is 0 Å². The van der Waals surface area contributed by atoms with Crippen molar-refractivity contribution in [1.82, 2.24) is 5.32 Å². The zero-order chi connectivity index (χ0) is 18.6. The summed E-state index contributed by atoms with van der Waals surface area (Å²) in [7, 11) is 0. The van der Waals surface area contributed by atoms with Crippen LogP contribution in [0.4, 0.5) is 0 Å². The summed E-state index contributed by atoms with van der Waals surface area (Å²) >= 11 is 24.1. The Morgan fingerprint density at radius 1 is 0.955 bits per heavy atom. The average Bonchev–Trinajstić information content (AvgIpc) is 2.48. The molecule has 0 atom stereocenters. The summed E-state index contributed by atoms with van der Waals surface area (Å²) in [6, 6.07) is 0. The van der Waals surface area contributed by atoms with Crippen LogP contribution >= 0.6 is 58.0 Å². The first-order chi connectivity index (χ1) is 10.2. The molecule has 0 aromatic heterocycles. The zero-order valence-electron chi connectivity index (χ0n) is 11.3. The van der Waals surface area contributed by atoms with Gasteiger partial charge in [0.2, 0.25) is 23.0 Å². The first kappa shape index (κ1) is 29.2. The van der Waals surface area contributed by atoms with Crippen molar-refractivity contribution in [2.45, 2.75) is 0 Å². The highest BCUT2D eigenvalue weighted by Crippen LogP contribution is 1.80. The summed E-state index contributed by atoms with van der Waals surface area (Å²) in [4.78, 5) is 39.5. The van der Waals surface area contributed by atoms with Crippen LogP contribution in [-0.4, -0.2) is 40.1 Å². The SMILES string of the molecule is C=CC(=O)NC(=O)CCl.C=CC(N)=O.ClCCl.O=C(Cl)CCl. The minimum Gasteiger partial charge on any atom is -0.366 e. The van der Waals surface area contributed by atoms with E-state index in [1.54, 1.807) is 0 Å². The van der Waals surface area contributed by atoms with Gasteiger partial charge in [0, 0.05) is 0 Å². The molecule has 0 rings (SSSR count). The lowest BCUT2D eigenvalue weighted by molar-refractivity contribution is -0.126. The Labute approximate surface area is 153 Å². The fourth-order valence-corrected chi connectivity index (χ4v) is 0.289. The third-order valence-electron chi connectivity index (χ3n) is 0.876. The van der Waals surface area contributed by atoms with Gasteiger partial charge < -0.3 is 5.73 Å². The zero-order valence-corrected chi connectivity index (χ0v) is 15.1. The Bertz CT molecular complexity index is 364. The number of alkyl halides is 4. The number of amides is 3. The van der Waals surface area contributed by atoms with Crippen LogP contribution in [0.25, 0.3) is 0 Å². The van der Waals surface area contributed by atoms with Crippen LogP contribution in [0.3, 0.4) is 0 Å². The van der Waals surface area contributed by atoms with Gasteiger partial charge in [-0.3, -0.25) is 24.5 Å².